The van der Waals surface area contributed by atoms with Crippen LogP contribution in [-0.4, -0.2) is 10.1 Å². The highest BCUT2D eigenvalue weighted by Crippen LogP contribution is 2.31. The zero-order valence-electron chi connectivity index (χ0n) is 5.80. The Morgan fingerprint density at radius 2 is 2.55 bits per heavy atom. The van der Waals surface area contributed by atoms with Gasteiger partial charge in [0.25, 0.3) is 0 Å². The molecule has 0 aliphatic heterocycles. The maximum absolute atomic E-state index is 8.63. The van der Waals surface area contributed by atoms with E-state index in [9.17, 15) is 0 Å². The fourth-order valence-electron chi connectivity index (χ4n) is 0.578. The normalized spacial score (nSPS) is 9.55. The number of nitriles is 1. The monoisotopic (exact) mass is 204 g/mol. The summed E-state index contributed by atoms with van der Waals surface area (Å²) in [5.41, 5.74) is 0.517. The van der Waals surface area contributed by atoms with Crippen LogP contribution in [0.15, 0.2) is 4.21 Å². The van der Waals surface area contributed by atoms with Crippen LogP contribution in [0.4, 0.5) is 0 Å². The summed E-state index contributed by atoms with van der Waals surface area (Å²) in [6.07, 6.45) is 0. The van der Waals surface area contributed by atoms with Crippen LogP contribution in [0.5, 0.6) is 0 Å². The number of nitrogens with zero attached hydrogens (tertiary/aromatic N) is 2. The molecule has 0 aliphatic carbocycles. The first kappa shape index (κ1) is 8.85. The first-order chi connectivity index (χ1) is 5.29. The maximum atomic E-state index is 8.63. The van der Waals surface area contributed by atoms with Crippen LogP contribution >= 0.6 is 34.9 Å². The molecular weight excluding hydrogens is 200 g/mol. The second-order valence-corrected chi connectivity index (χ2v) is 4.34. The number of rotatable bonds is 2. The molecule has 0 amide bonds. The second kappa shape index (κ2) is 3.96. The summed E-state index contributed by atoms with van der Waals surface area (Å²) < 4.78 is 4.79. The van der Waals surface area contributed by atoms with Gasteiger partial charge in [-0.25, -0.2) is 0 Å². The van der Waals surface area contributed by atoms with E-state index in [-0.39, 0.29) is 0 Å². The summed E-state index contributed by atoms with van der Waals surface area (Å²) in [6.45, 7) is 2.03. The van der Waals surface area contributed by atoms with E-state index in [0.717, 1.165) is 9.96 Å². The Kier molecular flexibility index (Phi) is 3.18. The van der Waals surface area contributed by atoms with Gasteiger partial charge < -0.3 is 0 Å². The largest absolute Gasteiger partial charge is 0.192 e. The summed E-state index contributed by atoms with van der Waals surface area (Å²) in [4.78, 5) is 0. The second-order valence-electron chi connectivity index (χ2n) is 1.68. The molecule has 0 aromatic carbocycles. The zero-order valence-corrected chi connectivity index (χ0v) is 8.18. The molecule has 5 heteroatoms. The zero-order chi connectivity index (χ0) is 8.27. The molecule has 1 rings (SSSR count). The molecule has 0 unspecified atom stereocenters. The third-order valence-electron chi connectivity index (χ3n) is 1.01. The lowest BCUT2D eigenvalue weighted by Gasteiger charge is -1.89. The van der Waals surface area contributed by atoms with Gasteiger partial charge in [-0.2, -0.15) is 9.64 Å². The minimum absolute atomic E-state index is 0.327. The fraction of sp³-hybridized carbons (Fsp3) is 0.333. The minimum Gasteiger partial charge on any atom is -0.192 e. The molecule has 0 atom stereocenters. The summed E-state index contributed by atoms with van der Waals surface area (Å²) in [5.74, 6) is 0.938. The maximum Gasteiger partial charge on any atom is 0.161 e. The molecule has 0 spiro atoms. The Hall–Kier alpha value is -0.240. The predicted molar refractivity (Wildman–Crippen MR) is 48.2 cm³/mol. The quantitative estimate of drug-likeness (QED) is 0.696. The van der Waals surface area contributed by atoms with Crippen LogP contribution in [0.25, 0.3) is 0 Å². The summed E-state index contributed by atoms with van der Waals surface area (Å²) in [5, 5.41) is 8.96. The van der Waals surface area contributed by atoms with E-state index in [2.05, 4.69) is 4.37 Å². The molecule has 0 fully saturated rings. The molecule has 0 N–H and O–H groups in total. The van der Waals surface area contributed by atoms with Crippen molar-refractivity contribution in [1.29, 1.82) is 5.26 Å². The molecule has 11 heavy (non-hydrogen) atoms. The van der Waals surface area contributed by atoms with Gasteiger partial charge in [-0.05, 0) is 17.3 Å². The lowest BCUT2D eigenvalue weighted by Crippen LogP contribution is -1.73. The van der Waals surface area contributed by atoms with Gasteiger partial charge >= 0.3 is 0 Å². The molecular formula is C6H5ClN2S2. The Bertz CT molecular complexity index is 289. The van der Waals surface area contributed by atoms with E-state index in [1.54, 1.807) is 11.8 Å². The van der Waals surface area contributed by atoms with Crippen LogP contribution < -0.4 is 0 Å². The van der Waals surface area contributed by atoms with Gasteiger partial charge in [0.1, 0.15) is 15.8 Å². The van der Waals surface area contributed by atoms with Gasteiger partial charge in [0.15, 0.2) is 5.15 Å². The number of hydrogen-bond donors (Lipinski definition) is 0. The van der Waals surface area contributed by atoms with Crippen molar-refractivity contribution in [2.45, 2.75) is 11.1 Å². The summed E-state index contributed by atoms with van der Waals surface area (Å²) in [7, 11) is 0. The number of hydrogen-bond acceptors (Lipinski definition) is 4. The predicted octanol–water partition coefficient (Wildman–Crippen LogP) is 2.78. The third-order valence-corrected chi connectivity index (χ3v) is 3.36. The molecule has 0 saturated carbocycles. The van der Waals surface area contributed by atoms with E-state index in [4.69, 9.17) is 16.9 Å². The van der Waals surface area contributed by atoms with Crippen LogP contribution in [-0.2, 0) is 0 Å². The summed E-state index contributed by atoms with van der Waals surface area (Å²) >= 11 is 8.52. The Morgan fingerprint density at radius 3 is 3.09 bits per heavy atom. The molecule has 58 valence electrons. The number of aromatic nitrogens is 1. The molecule has 1 heterocycles. The van der Waals surface area contributed by atoms with Crippen LogP contribution in [0.2, 0.25) is 5.15 Å². The van der Waals surface area contributed by atoms with Crippen molar-refractivity contribution < 1.29 is 0 Å². The lowest BCUT2D eigenvalue weighted by molar-refractivity contribution is 1.43. The van der Waals surface area contributed by atoms with Crippen LogP contribution in [0.3, 0.4) is 0 Å². The Labute approximate surface area is 78.3 Å². The molecule has 1 aromatic rings. The van der Waals surface area contributed by atoms with E-state index in [0.29, 0.717) is 10.7 Å². The van der Waals surface area contributed by atoms with E-state index >= 15 is 0 Å². The molecule has 0 saturated heterocycles. The molecule has 0 bridgehead atoms. The standard InChI is InChI=1S/C6H5ClN2S2/c1-2-10-6-4(3-8)5(7)9-11-6/h2H2,1H3. The van der Waals surface area contributed by atoms with Gasteiger partial charge in [-0.3, -0.25) is 0 Å². The van der Waals surface area contributed by atoms with E-state index < -0.39 is 0 Å². The topological polar surface area (TPSA) is 36.7 Å². The van der Waals surface area contributed by atoms with Crippen molar-refractivity contribution >= 4 is 34.9 Å². The van der Waals surface area contributed by atoms with Crippen LogP contribution in [0.1, 0.15) is 12.5 Å². The summed E-state index contributed by atoms with van der Waals surface area (Å²) in [6, 6.07) is 2.02. The molecule has 0 aliphatic rings. The highest BCUT2D eigenvalue weighted by molar-refractivity contribution is 8.01. The van der Waals surface area contributed by atoms with Crippen molar-refractivity contribution in [3.05, 3.63) is 10.7 Å². The molecule has 0 radical (unpaired) electrons. The minimum atomic E-state index is 0.327. The van der Waals surface area contributed by atoms with Crippen molar-refractivity contribution in [3.63, 3.8) is 0 Å². The van der Waals surface area contributed by atoms with Crippen molar-refractivity contribution in [2.75, 3.05) is 5.75 Å². The van der Waals surface area contributed by atoms with Gasteiger partial charge in [0.05, 0.1) is 0 Å². The van der Waals surface area contributed by atoms with Gasteiger partial charge in [0, 0.05) is 0 Å². The first-order valence-corrected chi connectivity index (χ1v) is 5.11. The van der Waals surface area contributed by atoms with E-state index in [1.807, 2.05) is 13.0 Å². The van der Waals surface area contributed by atoms with Gasteiger partial charge in [-0.1, -0.05) is 18.5 Å². The number of halogens is 1. The molecule has 2 nitrogen and oxygen atoms in total. The average molecular weight is 205 g/mol. The van der Waals surface area contributed by atoms with Crippen molar-refractivity contribution in [3.8, 4) is 6.07 Å². The third kappa shape index (κ3) is 1.86. The number of thioether (sulfide) groups is 1. The highest BCUT2D eigenvalue weighted by atomic mass is 35.5. The molecule has 1 aromatic heterocycles. The lowest BCUT2D eigenvalue weighted by atomic mass is 10.4. The SMILES string of the molecule is CCSc1snc(Cl)c1C#N. The Morgan fingerprint density at radius 1 is 1.82 bits per heavy atom. The van der Waals surface area contributed by atoms with Crippen molar-refractivity contribution in [2.24, 2.45) is 0 Å². The van der Waals surface area contributed by atoms with E-state index in [1.165, 1.54) is 11.5 Å². The van der Waals surface area contributed by atoms with Gasteiger partial charge in [-0.15, -0.1) is 11.8 Å². The Balaban J connectivity index is 2.98. The average Bonchev–Trinajstić information content (AvgIpc) is 2.33. The fourth-order valence-corrected chi connectivity index (χ4v) is 2.64. The van der Waals surface area contributed by atoms with Gasteiger partial charge in [0.2, 0.25) is 0 Å². The first-order valence-electron chi connectivity index (χ1n) is 2.97. The van der Waals surface area contributed by atoms with Crippen LogP contribution in [0, 0.1) is 11.3 Å². The smallest absolute Gasteiger partial charge is 0.161 e. The highest BCUT2D eigenvalue weighted by Gasteiger charge is 2.10. The van der Waals surface area contributed by atoms with Crippen molar-refractivity contribution in [1.82, 2.24) is 4.37 Å².